The average Bonchev–Trinajstić information content (AvgIpc) is 3.24. The first-order valence-corrected chi connectivity index (χ1v) is 9.46. The van der Waals surface area contributed by atoms with Gasteiger partial charge in [0.15, 0.2) is 0 Å². The van der Waals surface area contributed by atoms with Crippen molar-refractivity contribution in [2.75, 3.05) is 12.4 Å². The molecule has 1 atom stereocenters. The van der Waals surface area contributed by atoms with Crippen LogP contribution in [0.2, 0.25) is 0 Å². The van der Waals surface area contributed by atoms with Crippen molar-refractivity contribution in [2.45, 2.75) is 31.9 Å². The maximum absolute atomic E-state index is 12.0. The summed E-state index contributed by atoms with van der Waals surface area (Å²) in [5.41, 5.74) is 1.63. The van der Waals surface area contributed by atoms with Gasteiger partial charge in [-0.3, -0.25) is 0 Å². The summed E-state index contributed by atoms with van der Waals surface area (Å²) in [6, 6.07) is 11.5. The monoisotopic (exact) mass is 335 g/mol. The fourth-order valence-electron chi connectivity index (χ4n) is 2.60. The Balaban J connectivity index is 1.52. The lowest BCUT2D eigenvalue weighted by Gasteiger charge is -2.10. The molecule has 0 amide bonds. The smallest absolute Gasteiger partial charge is 0.212 e. The minimum absolute atomic E-state index is 0.0869. The van der Waals surface area contributed by atoms with Gasteiger partial charge in [0, 0.05) is 12.8 Å². The van der Waals surface area contributed by atoms with Crippen molar-refractivity contribution in [3.8, 4) is 5.69 Å². The van der Waals surface area contributed by atoms with Gasteiger partial charge in [0.2, 0.25) is 10.0 Å². The Kier molecular flexibility index (Phi) is 5.09. The van der Waals surface area contributed by atoms with Crippen molar-refractivity contribution < 1.29 is 13.2 Å². The molecule has 6 nitrogen and oxygen atoms in total. The highest BCUT2D eigenvalue weighted by Gasteiger charge is 2.19. The maximum atomic E-state index is 12.0. The molecular weight excluding hydrogens is 314 g/mol. The van der Waals surface area contributed by atoms with Crippen LogP contribution in [0.4, 0.5) is 0 Å². The second-order valence-electron chi connectivity index (χ2n) is 5.65. The van der Waals surface area contributed by atoms with Crippen LogP contribution < -0.4 is 4.72 Å². The number of para-hydroxylation sites is 1. The summed E-state index contributed by atoms with van der Waals surface area (Å²) in [6.45, 7) is 0.947. The van der Waals surface area contributed by atoms with E-state index in [0.29, 0.717) is 12.1 Å². The molecule has 0 radical (unpaired) electrons. The first-order chi connectivity index (χ1) is 11.1. The first kappa shape index (κ1) is 16.2. The Labute approximate surface area is 136 Å². The fourth-order valence-corrected chi connectivity index (χ4v) is 3.68. The highest BCUT2D eigenvalue weighted by molar-refractivity contribution is 7.89. The molecule has 0 bridgehead atoms. The molecule has 0 aliphatic carbocycles. The van der Waals surface area contributed by atoms with Gasteiger partial charge in [0.1, 0.15) is 0 Å². The fraction of sp³-hybridized carbons (Fsp3) is 0.438. The Bertz CT molecular complexity index is 722. The van der Waals surface area contributed by atoms with Crippen molar-refractivity contribution in [3.05, 3.63) is 48.3 Å². The predicted octanol–water partition coefficient (Wildman–Crippen LogP) is 1.86. The van der Waals surface area contributed by atoms with Gasteiger partial charge < -0.3 is 4.74 Å². The average molecular weight is 335 g/mol. The summed E-state index contributed by atoms with van der Waals surface area (Å²) in [6.07, 6.45) is 4.44. The second-order valence-corrected chi connectivity index (χ2v) is 7.58. The van der Waals surface area contributed by atoms with E-state index >= 15 is 0 Å². The number of rotatable bonds is 7. The van der Waals surface area contributed by atoms with Gasteiger partial charge in [-0.25, -0.2) is 17.8 Å². The largest absolute Gasteiger partial charge is 0.378 e. The van der Waals surface area contributed by atoms with Gasteiger partial charge in [0.25, 0.3) is 0 Å². The van der Waals surface area contributed by atoms with Gasteiger partial charge in [0.05, 0.1) is 29.8 Å². The number of ether oxygens (including phenoxy) is 1. The minimum Gasteiger partial charge on any atom is -0.378 e. The third kappa shape index (κ3) is 4.63. The standard InChI is InChI=1S/C16H21N3O3S/c20-23(21,12-9-16-7-4-11-22-16)17-13-14-8-10-19(18-14)15-5-2-1-3-6-15/h1-3,5-6,8,10,16-17H,4,7,9,11-13H2/t16-/m0/s1. The quantitative estimate of drug-likeness (QED) is 0.838. The van der Waals surface area contributed by atoms with Crippen LogP contribution in [-0.2, 0) is 21.3 Å². The first-order valence-electron chi connectivity index (χ1n) is 7.81. The molecule has 1 fully saturated rings. The third-order valence-corrected chi connectivity index (χ3v) is 5.23. The molecule has 1 saturated heterocycles. The molecule has 7 heteroatoms. The van der Waals surface area contributed by atoms with Crippen LogP contribution >= 0.6 is 0 Å². The van der Waals surface area contributed by atoms with E-state index in [4.69, 9.17) is 4.74 Å². The lowest BCUT2D eigenvalue weighted by molar-refractivity contribution is 0.109. The molecule has 1 N–H and O–H groups in total. The van der Waals surface area contributed by atoms with Crippen LogP contribution in [0.3, 0.4) is 0 Å². The van der Waals surface area contributed by atoms with Gasteiger partial charge in [-0.1, -0.05) is 18.2 Å². The summed E-state index contributed by atoms with van der Waals surface area (Å²) < 4.78 is 33.9. The lowest BCUT2D eigenvalue weighted by Crippen LogP contribution is -2.28. The Morgan fingerprint density at radius 1 is 1.26 bits per heavy atom. The van der Waals surface area contributed by atoms with Gasteiger partial charge >= 0.3 is 0 Å². The van der Waals surface area contributed by atoms with Crippen molar-refractivity contribution in [1.82, 2.24) is 14.5 Å². The number of sulfonamides is 1. The van der Waals surface area contributed by atoms with E-state index in [1.54, 1.807) is 4.68 Å². The normalized spacial score (nSPS) is 18.3. The molecule has 124 valence electrons. The van der Waals surface area contributed by atoms with Gasteiger partial charge in [-0.15, -0.1) is 0 Å². The molecule has 2 heterocycles. The molecular formula is C16H21N3O3S. The maximum Gasteiger partial charge on any atom is 0.212 e. The zero-order chi connectivity index (χ0) is 16.1. The molecule has 0 spiro atoms. The number of nitrogens with zero attached hydrogens (tertiary/aromatic N) is 2. The van der Waals surface area contributed by atoms with Crippen molar-refractivity contribution in [2.24, 2.45) is 0 Å². The van der Waals surface area contributed by atoms with E-state index in [-0.39, 0.29) is 18.4 Å². The topological polar surface area (TPSA) is 73.2 Å². The molecule has 1 aliphatic rings. The van der Waals surface area contributed by atoms with Crippen molar-refractivity contribution in [3.63, 3.8) is 0 Å². The number of benzene rings is 1. The zero-order valence-corrected chi connectivity index (χ0v) is 13.7. The van der Waals surface area contributed by atoms with Crippen LogP contribution in [0.25, 0.3) is 5.69 Å². The highest BCUT2D eigenvalue weighted by Crippen LogP contribution is 2.15. The number of hydrogen-bond donors (Lipinski definition) is 1. The number of nitrogens with one attached hydrogen (secondary N) is 1. The molecule has 1 aromatic carbocycles. The highest BCUT2D eigenvalue weighted by atomic mass is 32.2. The van der Waals surface area contributed by atoms with E-state index in [2.05, 4.69) is 9.82 Å². The van der Waals surface area contributed by atoms with Crippen LogP contribution in [0, 0.1) is 0 Å². The van der Waals surface area contributed by atoms with Crippen molar-refractivity contribution >= 4 is 10.0 Å². The minimum atomic E-state index is -3.30. The summed E-state index contributed by atoms with van der Waals surface area (Å²) in [5.74, 6) is 0.0943. The zero-order valence-electron chi connectivity index (χ0n) is 12.9. The number of hydrogen-bond acceptors (Lipinski definition) is 4. The van der Waals surface area contributed by atoms with Gasteiger partial charge in [-0.05, 0) is 37.5 Å². The summed E-state index contributed by atoms with van der Waals surface area (Å²) in [7, 11) is -3.30. The van der Waals surface area contributed by atoms with Crippen molar-refractivity contribution in [1.29, 1.82) is 0 Å². The Morgan fingerprint density at radius 2 is 2.09 bits per heavy atom. The summed E-state index contributed by atoms with van der Waals surface area (Å²) in [5, 5.41) is 4.39. The molecule has 1 aliphatic heterocycles. The molecule has 3 rings (SSSR count). The van der Waals surface area contributed by atoms with Crippen LogP contribution in [0.5, 0.6) is 0 Å². The molecule has 2 aromatic rings. The van der Waals surface area contributed by atoms with E-state index in [1.165, 1.54) is 0 Å². The molecule has 0 unspecified atom stereocenters. The van der Waals surface area contributed by atoms with E-state index in [0.717, 1.165) is 25.1 Å². The van der Waals surface area contributed by atoms with E-state index < -0.39 is 10.0 Å². The van der Waals surface area contributed by atoms with E-state index in [1.807, 2.05) is 42.6 Å². The second kappa shape index (κ2) is 7.25. The van der Waals surface area contributed by atoms with Gasteiger partial charge in [-0.2, -0.15) is 5.10 Å². The molecule has 1 aromatic heterocycles. The SMILES string of the molecule is O=S(=O)(CC[C@@H]1CCCO1)NCc1ccn(-c2ccccc2)n1. The molecule has 23 heavy (non-hydrogen) atoms. The van der Waals surface area contributed by atoms with Crippen LogP contribution in [0.1, 0.15) is 25.0 Å². The molecule has 0 saturated carbocycles. The third-order valence-electron chi connectivity index (χ3n) is 3.87. The Morgan fingerprint density at radius 3 is 2.83 bits per heavy atom. The Hall–Kier alpha value is -1.70. The predicted molar refractivity (Wildman–Crippen MR) is 87.8 cm³/mol. The lowest BCUT2D eigenvalue weighted by atomic mass is 10.2. The number of aromatic nitrogens is 2. The summed E-state index contributed by atoms with van der Waals surface area (Å²) >= 11 is 0. The van der Waals surface area contributed by atoms with Crippen LogP contribution in [0.15, 0.2) is 42.6 Å². The van der Waals surface area contributed by atoms with E-state index in [9.17, 15) is 8.42 Å². The van der Waals surface area contributed by atoms with Crippen LogP contribution in [-0.4, -0.2) is 36.7 Å². The summed E-state index contributed by atoms with van der Waals surface area (Å²) in [4.78, 5) is 0.